The Kier molecular flexibility index (Phi) is 7.56. The van der Waals surface area contributed by atoms with Gasteiger partial charge in [-0.1, -0.05) is 42.0 Å². The highest BCUT2D eigenvalue weighted by Crippen LogP contribution is 2.24. The Morgan fingerprint density at radius 1 is 0.943 bits per heavy atom. The first-order chi connectivity index (χ1) is 16.9. The summed E-state index contributed by atoms with van der Waals surface area (Å²) in [7, 11) is 3.10. The van der Waals surface area contributed by atoms with Crippen molar-refractivity contribution in [2.24, 2.45) is 0 Å². The summed E-state index contributed by atoms with van der Waals surface area (Å²) in [5.74, 6) is 0.755. The van der Waals surface area contributed by atoms with Crippen LogP contribution in [-0.4, -0.2) is 42.7 Å². The minimum absolute atomic E-state index is 0.147. The highest BCUT2D eigenvalue weighted by Gasteiger charge is 2.25. The molecular weight excluding hydrogens is 442 g/mol. The van der Waals surface area contributed by atoms with Gasteiger partial charge in [0.05, 0.1) is 14.2 Å². The Balaban J connectivity index is 1.58. The molecule has 1 aliphatic rings. The normalized spacial score (nSPS) is 13.6. The van der Waals surface area contributed by atoms with Crippen LogP contribution < -0.4 is 20.3 Å². The summed E-state index contributed by atoms with van der Waals surface area (Å²) in [6.07, 6.45) is 0.578. The number of nitrogens with one attached hydrogen (secondary N) is 1. The number of ether oxygens (including phenoxy) is 2. The molecule has 35 heavy (non-hydrogen) atoms. The summed E-state index contributed by atoms with van der Waals surface area (Å²) in [4.78, 5) is 28.6. The van der Waals surface area contributed by atoms with Crippen LogP contribution in [0.1, 0.15) is 38.3 Å². The number of carbonyl (C=O) groups is 1. The smallest absolute Gasteiger partial charge is 0.257 e. The maximum absolute atomic E-state index is 13.4. The summed E-state index contributed by atoms with van der Waals surface area (Å²) in [6, 6.07) is 15.5. The third kappa shape index (κ3) is 5.41. The second-order valence-corrected chi connectivity index (χ2v) is 8.97. The number of hydrogen-bond acceptors (Lipinski definition) is 5. The van der Waals surface area contributed by atoms with Gasteiger partial charge in [0, 0.05) is 56.5 Å². The van der Waals surface area contributed by atoms with Gasteiger partial charge in [0.15, 0.2) is 0 Å². The fourth-order valence-corrected chi connectivity index (χ4v) is 4.73. The zero-order valence-electron chi connectivity index (χ0n) is 20.9. The first-order valence-electron chi connectivity index (χ1n) is 11.9. The molecular formula is C28H33N3O4. The highest BCUT2D eigenvalue weighted by atomic mass is 16.5. The third-order valence-corrected chi connectivity index (χ3v) is 6.66. The van der Waals surface area contributed by atoms with Crippen molar-refractivity contribution in [3.8, 4) is 11.5 Å². The zero-order valence-corrected chi connectivity index (χ0v) is 20.9. The standard InChI is InChI=1S/C28H33N3O4/c1-19-9-10-22(20(2)15-19)18-30-12-11-23-27(25(35-4)16-26(32)31(23)14-13-30)28(33)29-17-21-7-5-6-8-24(21)34-3/h5-10,15-16H,11-14,17-18H2,1-4H3,(H,29,33). The van der Waals surface area contributed by atoms with E-state index in [1.54, 1.807) is 11.7 Å². The predicted molar refractivity (Wildman–Crippen MR) is 136 cm³/mol. The topological polar surface area (TPSA) is 72.8 Å². The number of aromatic nitrogens is 1. The molecule has 0 saturated heterocycles. The van der Waals surface area contributed by atoms with Crippen molar-refractivity contribution < 1.29 is 14.3 Å². The van der Waals surface area contributed by atoms with Crippen LogP contribution in [0.25, 0.3) is 0 Å². The molecule has 7 heteroatoms. The van der Waals surface area contributed by atoms with E-state index in [-0.39, 0.29) is 11.5 Å². The van der Waals surface area contributed by atoms with E-state index in [1.807, 2.05) is 24.3 Å². The Bertz CT molecular complexity index is 1280. The second-order valence-electron chi connectivity index (χ2n) is 8.97. The number of benzene rings is 2. The molecule has 1 amide bonds. The summed E-state index contributed by atoms with van der Waals surface area (Å²) >= 11 is 0. The van der Waals surface area contributed by atoms with Crippen molar-refractivity contribution in [3.05, 3.63) is 92.4 Å². The first-order valence-corrected chi connectivity index (χ1v) is 11.9. The van der Waals surface area contributed by atoms with Gasteiger partial charge in [0.2, 0.25) is 0 Å². The lowest BCUT2D eigenvalue weighted by atomic mass is 10.0. The van der Waals surface area contributed by atoms with Crippen molar-refractivity contribution in [1.82, 2.24) is 14.8 Å². The molecule has 3 aromatic rings. The number of para-hydroxylation sites is 1. The van der Waals surface area contributed by atoms with Crippen LogP contribution in [0.2, 0.25) is 0 Å². The molecule has 0 unspecified atom stereocenters. The quantitative estimate of drug-likeness (QED) is 0.567. The van der Waals surface area contributed by atoms with Crippen LogP contribution in [0.5, 0.6) is 11.5 Å². The van der Waals surface area contributed by atoms with Gasteiger partial charge in [0.25, 0.3) is 11.5 Å². The minimum atomic E-state index is -0.265. The van der Waals surface area contributed by atoms with E-state index in [0.29, 0.717) is 36.6 Å². The number of hydrogen-bond donors (Lipinski definition) is 1. The Labute approximate surface area is 206 Å². The van der Waals surface area contributed by atoms with Crippen molar-refractivity contribution in [2.75, 3.05) is 27.3 Å². The summed E-state index contributed by atoms with van der Waals surface area (Å²) in [5.41, 5.74) is 5.67. The highest BCUT2D eigenvalue weighted by molar-refractivity contribution is 5.98. The maximum atomic E-state index is 13.4. The fraction of sp³-hybridized carbons (Fsp3) is 0.357. The second kappa shape index (κ2) is 10.8. The van der Waals surface area contributed by atoms with Crippen LogP contribution >= 0.6 is 0 Å². The summed E-state index contributed by atoms with van der Waals surface area (Å²) in [6.45, 7) is 7.34. The average molecular weight is 476 g/mol. The molecule has 1 aromatic heterocycles. The molecule has 0 aliphatic carbocycles. The number of carbonyl (C=O) groups excluding carboxylic acids is 1. The van der Waals surface area contributed by atoms with Gasteiger partial charge in [0.1, 0.15) is 17.1 Å². The summed E-state index contributed by atoms with van der Waals surface area (Å²) in [5, 5.41) is 2.99. The van der Waals surface area contributed by atoms with Crippen LogP contribution in [0, 0.1) is 13.8 Å². The number of amides is 1. The van der Waals surface area contributed by atoms with Gasteiger partial charge in [-0.25, -0.2) is 0 Å². The Hall–Kier alpha value is -3.58. The van der Waals surface area contributed by atoms with Gasteiger partial charge >= 0.3 is 0 Å². The van der Waals surface area contributed by atoms with Crippen LogP contribution in [0.3, 0.4) is 0 Å². The van der Waals surface area contributed by atoms with Crippen molar-refractivity contribution in [2.45, 2.75) is 39.9 Å². The van der Waals surface area contributed by atoms with Gasteiger partial charge < -0.3 is 19.4 Å². The Morgan fingerprint density at radius 3 is 2.46 bits per heavy atom. The molecule has 4 rings (SSSR count). The van der Waals surface area contributed by atoms with Gasteiger partial charge in [-0.2, -0.15) is 0 Å². The molecule has 0 fully saturated rings. The lowest BCUT2D eigenvalue weighted by Crippen LogP contribution is -2.31. The number of aryl methyl sites for hydroxylation is 2. The van der Waals surface area contributed by atoms with E-state index in [1.165, 1.54) is 29.9 Å². The van der Waals surface area contributed by atoms with Gasteiger partial charge in [-0.3, -0.25) is 14.5 Å². The molecule has 2 aromatic carbocycles. The van der Waals surface area contributed by atoms with E-state index >= 15 is 0 Å². The molecule has 0 radical (unpaired) electrons. The molecule has 2 heterocycles. The lowest BCUT2D eigenvalue weighted by Gasteiger charge is -2.20. The number of pyridine rings is 1. The molecule has 0 bridgehead atoms. The lowest BCUT2D eigenvalue weighted by molar-refractivity contribution is 0.0945. The van der Waals surface area contributed by atoms with Gasteiger partial charge in [-0.15, -0.1) is 0 Å². The molecule has 184 valence electrons. The first kappa shape index (κ1) is 24.5. The number of fused-ring (bicyclic) bond motifs is 1. The SMILES string of the molecule is COc1ccccc1CNC(=O)c1c(OC)cc(=O)n2c1CCN(Cc1ccc(C)cc1C)CC2. The fourth-order valence-electron chi connectivity index (χ4n) is 4.73. The van der Waals surface area contributed by atoms with E-state index in [0.717, 1.165) is 30.9 Å². The Morgan fingerprint density at radius 2 is 1.71 bits per heavy atom. The number of nitrogens with zero attached hydrogens (tertiary/aromatic N) is 2. The monoisotopic (exact) mass is 475 g/mol. The van der Waals surface area contributed by atoms with Crippen molar-refractivity contribution >= 4 is 5.91 Å². The van der Waals surface area contributed by atoms with Crippen LogP contribution in [0.15, 0.2) is 53.3 Å². The third-order valence-electron chi connectivity index (χ3n) is 6.66. The molecule has 0 saturated carbocycles. The molecule has 7 nitrogen and oxygen atoms in total. The number of rotatable bonds is 7. The molecule has 0 spiro atoms. The van der Waals surface area contributed by atoms with E-state index in [9.17, 15) is 9.59 Å². The summed E-state index contributed by atoms with van der Waals surface area (Å²) < 4.78 is 12.6. The molecule has 1 N–H and O–H groups in total. The van der Waals surface area contributed by atoms with Gasteiger partial charge in [-0.05, 0) is 31.0 Å². The van der Waals surface area contributed by atoms with Crippen molar-refractivity contribution in [1.29, 1.82) is 0 Å². The van der Waals surface area contributed by atoms with E-state index in [4.69, 9.17) is 9.47 Å². The zero-order chi connectivity index (χ0) is 24.9. The molecule has 0 atom stereocenters. The maximum Gasteiger partial charge on any atom is 0.257 e. The largest absolute Gasteiger partial charge is 0.496 e. The van der Waals surface area contributed by atoms with E-state index in [2.05, 4.69) is 42.3 Å². The van der Waals surface area contributed by atoms with E-state index < -0.39 is 0 Å². The van der Waals surface area contributed by atoms with Crippen LogP contribution in [0.4, 0.5) is 0 Å². The minimum Gasteiger partial charge on any atom is -0.496 e. The van der Waals surface area contributed by atoms with Crippen LogP contribution in [-0.2, 0) is 26.1 Å². The van der Waals surface area contributed by atoms with Crippen molar-refractivity contribution in [3.63, 3.8) is 0 Å². The average Bonchev–Trinajstić information content (AvgIpc) is 3.07. The molecule has 1 aliphatic heterocycles. The number of methoxy groups -OCH3 is 2. The predicted octanol–water partition coefficient (Wildman–Crippen LogP) is 3.47.